The minimum Gasteiger partial charge on any atom is -0.454 e. The standard InChI is InChI=1S/C24H29N3O3/c1-13-19-20(14-7-8-17-18(9-14)30-12-29-17)21-15(10-24(5,6)11-16(21)28)25-22(19)27(26-13)23(2,3)4/h7-9,20,25H,10-12H2,1-6H3/t20-/m0/s1. The van der Waals surface area contributed by atoms with Crippen LogP contribution in [0.1, 0.15) is 70.2 Å². The van der Waals surface area contributed by atoms with Crippen molar-refractivity contribution in [2.45, 2.75) is 65.8 Å². The maximum atomic E-state index is 13.4. The van der Waals surface area contributed by atoms with Gasteiger partial charge < -0.3 is 14.8 Å². The summed E-state index contributed by atoms with van der Waals surface area (Å²) in [6.45, 7) is 13.0. The lowest BCUT2D eigenvalue weighted by atomic mass is 9.69. The Morgan fingerprint density at radius 3 is 2.63 bits per heavy atom. The van der Waals surface area contributed by atoms with E-state index in [2.05, 4.69) is 50.7 Å². The minimum absolute atomic E-state index is 0.0680. The van der Waals surface area contributed by atoms with Crippen molar-refractivity contribution < 1.29 is 14.3 Å². The van der Waals surface area contributed by atoms with E-state index in [0.717, 1.165) is 51.8 Å². The minimum atomic E-state index is -0.183. The highest BCUT2D eigenvalue weighted by atomic mass is 16.7. The summed E-state index contributed by atoms with van der Waals surface area (Å²) >= 11 is 0. The first-order valence-electron chi connectivity index (χ1n) is 10.6. The molecule has 0 saturated heterocycles. The van der Waals surface area contributed by atoms with Crippen LogP contribution < -0.4 is 14.8 Å². The van der Waals surface area contributed by atoms with Crippen LogP contribution in [0, 0.1) is 12.3 Å². The average molecular weight is 408 g/mol. The van der Waals surface area contributed by atoms with Gasteiger partial charge in [0.2, 0.25) is 6.79 Å². The van der Waals surface area contributed by atoms with Gasteiger partial charge in [-0.25, -0.2) is 4.68 Å². The van der Waals surface area contributed by atoms with Crippen LogP contribution in [0.15, 0.2) is 29.5 Å². The van der Waals surface area contributed by atoms with Crippen molar-refractivity contribution in [1.82, 2.24) is 9.78 Å². The summed E-state index contributed by atoms with van der Waals surface area (Å²) in [4.78, 5) is 13.4. The molecule has 3 aliphatic rings. The summed E-state index contributed by atoms with van der Waals surface area (Å²) < 4.78 is 13.2. The first-order chi connectivity index (χ1) is 14.0. The lowest BCUT2D eigenvalue weighted by Gasteiger charge is -2.39. The number of aromatic nitrogens is 2. The molecule has 0 fully saturated rings. The molecule has 1 atom stereocenters. The molecule has 6 nitrogen and oxygen atoms in total. The molecular formula is C24H29N3O3. The quantitative estimate of drug-likeness (QED) is 0.730. The first-order valence-corrected chi connectivity index (χ1v) is 10.6. The van der Waals surface area contributed by atoms with Crippen molar-refractivity contribution in [3.63, 3.8) is 0 Å². The number of hydrogen-bond acceptors (Lipinski definition) is 5. The number of allylic oxidation sites excluding steroid dienone is 2. The van der Waals surface area contributed by atoms with Gasteiger partial charge in [0.25, 0.3) is 0 Å². The molecule has 3 heterocycles. The van der Waals surface area contributed by atoms with Crippen LogP contribution in [0.25, 0.3) is 0 Å². The molecule has 30 heavy (non-hydrogen) atoms. The highest BCUT2D eigenvalue weighted by Crippen LogP contribution is 2.51. The molecule has 158 valence electrons. The van der Waals surface area contributed by atoms with Crippen LogP contribution in [-0.4, -0.2) is 22.4 Å². The van der Waals surface area contributed by atoms with Crippen molar-refractivity contribution in [3.8, 4) is 11.5 Å². The monoisotopic (exact) mass is 407 g/mol. The summed E-state index contributed by atoms with van der Waals surface area (Å²) in [5, 5.41) is 8.53. The van der Waals surface area contributed by atoms with Crippen LogP contribution in [0.2, 0.25) is 0 Å². The van der Waals surface area contributed by atoms with Crippen LogP contribution in [0.3, 0.4) is 0 Å². The molecule has 0 unspecified atom stereocenters. The molecule has 0 amide bonds. The molecular weight excluding hydrogens is 378 g/mol. The van der Waals surface area contributed by atoms with Crippen molar-refractivity contribution in [1.29, 1.82) is 0 Å². The van der Waals surface area contributed by atoms with Crippen LogP contribution in [0.4, 0.5) is 5.82 Å². The second-order valence-corrected chi connectivity index (χ2v) is 10.4. The maximum Gasteiger partial charge on any atom is 0.231 e. The van der Waals surface area contributed by atoms with Crippen LogP contribution >= 0.6 is 0 Å². The molecule has 0 bridgehead atoms. The van der Waals surface area contributed by atoms with Crippen molar-refractivity contribution in [2.75, 3.05) is 12.1 Å². The Morgan fingerprint density at radius 1 is 1.17 bits per heavy atom. The summed E-state index contributed by atoms with van der Waals surface area (Å²) in [5.41, 5.74) is 4.71. The molecule has 0 radical (unpaired) electrons. The highest BCUT2D eigenvalue weighted by molar-refractivity contribution is 6.01. The largest absolute Gasteiger partial charge is 0.454 e. The zero-order valence-corrected chi connectivity index (χ0v) is 18.5. The average Bonchev–Trinajstić information content (AvgIpc) is 3.22. The van der Waals surface area contributed by atoms with Crippen molar-refractivity contribution >= 4 is 11.6 Å². The van der Waals surface area contributed by atoms with E-state index < -0.39 is 0 Å². The predicted octanol–water partition coefficient (Wildman–Crippen LogP) is 4.88. The van der Waals surface area contributed by atoms with E-state index in [9.17, 15) is 4.79 Å². The molecule has 2 aromatic rings. The fourth-order valence-electron chi connectivity index (χ4n) is 4.99. The van der Waals surface area contributed by atoms with Gasteiger partial charge in [0.15, 0.2) is 17.3 Å². The van der Waals surface area contributed by atoms with Gasteiger partial charge in [-0.05, 0) is 57.2 Å². The van der Waals surface area contributed by atoms with Gasteiger partial charge in [0, 0.05) is 29.2 Å². The van der Waals surface area contributed by atoms with Gasteiger partial charge in [-0.15, -0.1) is 0 Å². The topological polar surface area (TPSA) is 65.4 Å². The maximum absolute atomic E-state index is 13.4. The van der Waals surface area contributed by atoms with E-state index in [0.29, 0.717) is 6.42 Å². The summed E-state index contributed by atoms with van der Waals surface area (Å²) in [6.07, 6.45) is 1.39. The molecule has 6 heteroatoms. The van der Waals surface area contributed by atoms with Crippen LogP contribution in [-0.2, 0) is 10.3 Å². The Kier molecular flexibility index (Phi) is 3.92. The lowest BCUT2D eigenvalue weighted by Crippen LogP contribution is -2.35. The number of ether oxygens (including phenoxy) is 2. The molecule has 0 spiro atoms. The number of ketones is 1. The number of Topliss-reactive ketones (excluding diaryl/α,β-unsaturated/α-hetero) is 1. The third kappa shape index (κ3) is 2.84. The zero-order valence-electron chi connectivity index (χ0n) is 18.5. The molecule has 2 aliphatic heterocycles. The van der Waals surface area contributed by atoms with E-state index >= 15 is 0 Å². The van der Waals surface area contributed by atoms with E-state index in [1.54, 1.807) is 0 Å². The molecule has 5 rings (SSSR count). The number of hydrogen-bond donors (Lipinski definition) is 1. The number of carbonyl (C=O) groups is 1. The highest BCUT2D eigenvalue weighted by Gasteiger charge is 2.43. The van der Waals surface area contributed by atoms with E-state index in [-0.39, 0.29) is 29.4 Å². The molecule has 1 aromatic carbocycles. The van der Waals surface area contributed by atoms with E-state index in [4.69, 9.17) is 14.6 Å². The van der Waals surface area contributed by atoms with Gasteiger partial charge in [0.1, 0.15) is 5.82 Å². The Labute approximate surface area is 177 Å². The number of fused-ring (bicyclic) bond motifs is 2. The molecule has 1 N–H and O–H groups in total. The molecule has 1 aliphatic carbocycles. The summed E-state index contributed by atoms with van der Waals surface area (Å²) in [6, 6.07) is 6.02. The third-order valence-electron chi connectivity index (χ3n) is 6.24. The van der Waals surface area contributed by atoms with Gasteiger partial charge in [-0.2, -0.15) is 5.10 Å². The Balaban J connectivity index is 1.75. The summed E-state index contributed by atoms with van der Waals surface area (Å²) in [7, 11) is 0. The third-order valence-corrected chi connectivity index (χ3v) is 6.24. The van der Waals surface area contributed by atoms with Gasteiger partial charge in [0.05, 0.1) is 11.2 Å². The summed E-state index contributed by atoms with van der Waals surface area (Å²) in [5.74, 6) is 2.53. The molecule has 1 aromatic heterocycles. The number of rotatable bonds is 1. The lowest BCUT2D eigenvalue weighted by molar-refractivity contribution is -0.118. The van der Waals surface area contributed by atoms with Gasteiger partial charge >= 0.3 is 0 Å². The normalized spacial score (nSPS) is 21.9. The van der Waals surface area contributed by atoms with Crippen LogP contribution in [0.5, 0.6) is 11.5 Å². The first kappa shape index (κ1) is 19.2. The smallest absolute Gasteiger partial charge is 0.231 e. The fraction of sp³-hybridized carbons (Fsp3) is 0.500. The Bertz CT molecular complexity index is 1100. The molecule has 0 saturated carbocycles. The van der Waals surface area contributed by atoms with Crippen molar-refractivity contribution in [2.24, 2.45) is 5.41 Å². The number of nitrogens with zero attached hydrogens (tertiary/aromatic N) is 2. The van der Waals surface area contributed by atoms with Gasteiger partial charge in [-0.3, -0.25) is 4.79 Å². The number of benzene rings is 1. The second kappa shape index (κ2) is 6.13. The van der Waals surface area contributed by atoms with Crippen molar-refractivity contribution in [3.05, 3.63) is 46.3 Å². The number of anilines is 1. The fourth-order valence-corrected chi connectivity index (χ4v) is 4.99. The number of nitrogens with one attached hydrogen (secondary N) is 1. The van der Waals surface area contributed by atoms with E-state index in [1.165, 1.54) is 0 Å². The second-order valence-electron chi connectivity index (χ2n) is 10.4. The van der Waals surface area contributed by atoms with E-state index in [1.807, 2.05) is 19.1 Å². The zero-order chi connectivity index (χ0) is 21.4. The predicted molar refractivity (Wildman–Crippen MR) is 115 cm³/mol. The number of aryl methyl sites for hydroxylation is 1. The Hall–Kier alpha value is -2.76. The number of carbonyl (C=O) groups excluding carboxylic acids is 1. The van der Waals surface area contributed by atoms with Gasteiger partial charge in [-0.1, -0.05) is 19.9 Å². The Morgan fingerprint density at radius 2 is 1.90 bits per heavy atom. The SMILES string of the molecule is Cc1nn(C(C)(C)C)c2c1[C@H](c1ccc3c(c1)OCO3)C1=C(CC(C)(C)CC1=O)N2.